The molecule has 1 aromatic rings. The predicted octanol–water partition coefficient (Wildman–Crippen LogP) is 2.63. The number of carbonyl (C=O) groups excluding carboxylic acids is 2. The van der Waals surface area contributed by atoms with E-state index in [2.05, 4.69) is 15.9 Å². The van der Waals surface area contributed by atoms with E-state index in [0.717, 1.165) is 35.7 Å². The van der Waals surface area contributed by atoms with Crippen LogP contribution in [-0.4, -0.2) is 29.3 Å². The Morgan fingerprint density at radius 2 is 2.00 bits per heavy atom. The lowest BCUT2D eigenvalue weighted by molar-refractivity contribution is -0.119. The topological polar surface area (TPSA) is 63.4 Å². The Labute approximate surface area is 127 Å². The normalized spacial score (nSPS) is 15.3. The standard InChI is InChI=1S/C15H19BrN2O2/c1-10-5-4-8-12(14(10)16)15(20)18(9-13(17)19)11-6-2-3-7-11/h4-5,8,11H,2-3,6-7,9H2,1H3,(H2,17,19). The van der Waals surface area contributed by atoms with Crippen molar-refractivity contribution in [3.05, 3.63) is 33.8 Å². The Bertz CT molecular complexity index is 525. The minimum Gasteiger partial charge on any atom is -0.368 e. The van der Waals surface area contributed by atoms with Crippen molar-refractivity contribution in [1.82, 2.24) is 4.90 Å². The summed E-state index contributed by atoms with van der Waals surface area (Å²) in [6, 6.07) is 5.70. The summed E-state index contributed by atoms with van der Waals surface area (Å²) in [7, 11) is 0. The van der Waals surface area contributed by atoms with Crippen LogP contribution in [0.4, 0.5) is 0 Å². The summed E-state index contributed by atoms with van der Waals surface area (Å²) in [5, 5.41) is 0. The van der Waals surface area contributed by atoms with Gasteiger partial charge in [0.15, 0.2) is 0 Å². The first-order valence-corrected chi connectivity index (χ1v) is 7.64. The zero-order valence-corrected chi connectivity index (χ0v) is 13.1. The van der Waals surface area contributed by atoms with Crippen LogP contribution in [0, 0.1) is 6.92 Å². The molecule has 1 saturated carbocycles. The second-order valence-electron chi connectivity index (χ2n) is 5.27. The van der Waals surface area contributed by atoms with Gasteiger partial charge in [0, 0.05) is 10.5 Å². The number of nitrogens with zero attached hydrogens (tertiary/aromatic N) is 1. The lowest BCUT2D eigenvalue weighted by Crippen LogP contribution is -2.44. The molecule has 1 aliphatic carbocycles. The molecular formula is C15H19BrN2O2. The van der Waals surface area contributed by atoms with E-state index in [1.54, 1.807) is 11.0 Å². The minimum atomic E-state index is -0.464. The van der Waals surface area contributed by atoms with Crippen LogP contribution in [0.15, 0.2) is 22.7 Å². The number of benzene rings is 1. The zero-order chi connectivity index (χ0) is 14.7. The van der Waals surface area contributed by atoms with Crippen LogP contribution in [0.2, 0.25) is 0 Å². The van der Waals surface area contributed by atoms with Crippen molar-refractivity contribution in [3.63, 3.8) is 0 Å². The number of rotatable bonds is 4. The van der Waals surface area contributed by atoms with Gasteiger partial charge < -0.3 is 10.6 Å². The maximum atomic E-state index is 12.7. The van der Waals surface area contributed by atoms with Crippen LogP contribution >= 0.6 is 15.9 Å². The molecule has 0 aromatic heterocycles. The van der Waals surface area contributed by atoms with E-state index in [4.69, 9.17) is 5.73 Å². The summed E-state index contributed by atoms with van der Waals surface area (Å²) in [5.74, 6) is -0.583. The van der Waals surface area contributed by atoms with Gasteiger partial charge in [-0.3, -0.25) is 9.59 Å². The van der Waals surface area contributed by atoms with Gasteiger partial charge >= 0.3 is 0 Å². The lowest BCUT2D eigenvalue weighted by Gasteiger charge is -2.28. The SMILES string of the molecule is Cc1cccc(C(=O)N(CC(N)=O)C2CCCC2)c1Br. The van der Waals surface area contributed by atoms with Crippen LogP contribution in [0.25, 0.3) is 0 Å². The first-order valence-electron chi connectivity index (χ1n) is 6.85. The molecule has 2 rings (SSSR count). The van der Waals surface area contributed by atoms with Crippen LogP contribution in [0.1, 0.15) is 41.6 Å². The van der Waals surface area contributed by atoms with Crippen molar-refractivity contribution in [2.75, 3.05) is 6.54 Å². The molecule has 0 radical (unpaired) electrons. The second-order valence-corrected chi connectivity index (χ2v) is 6.07. The van der Waals surface area contributed by atoms with Crippen LogP contribution in [0.3, 0.4) is 0 Å². The third kappa shape index (κ3) is 3.20. The van der Waals surface area contributed by atoms with Crippen molar-refractivity contribution in [2.45, 2.75) is 38.6 Å². The van der Waals surface area contributed by atoms with E-state index < -0.39 is 5.91 Å². The van der Waals surface area contributed by atoms with E-state index in [-0.39, 0.29) is 18.5 Å². The lowest BCUT2D eigenvalue weighted by atomic mass is 10.1. The summed E-state index contributed by atoms with van der Waals surface area (Å²) in [5.41, 5.74) is 6.90. The van der Waals surface area contributed by atoms with Gasteiger partial charge in [-0.2, -0.15) is 0 Å². The number of amides is 2. The van der Waals surface area contributed by atoms with Gasteiger partial charge in [0.25, 0.3) is 5.91 Å². The highest BCUT2D eigenvalue weighted by Crippen LogP contribution is 2.28. The van der Waals surface area contributed by atoms with Crippen molar-refractivity contribution in [3.8, 4) is 0 Å². The van der Waals surface area contributed by atoms with Gasteiger partial charge in [-0.05, 0) is 47.3 Å². The molecule has 0 aliphatic heterocycles. The highest BCUT2D eigenvalue weighted by Gasteiger charge is 2.29. The largest absolute Gasteiger partial charge is 0.368 e. The Morgan fingerprint density at radius 3 is 2.60 bits per heavy atom. The third-order valence-corrected chi connectivity index (χ3v) is 4.83. The van der Waals surface area contributed by atoms with E-state index in [1.165, 1.54) is 0 Å². The maximum Gasteiger partial charge on any atom is 0.255 e. The maximum absolute atomic E-state index is 12.7. The third-order valence-electron chi connectivity index (χ3n) is 3.77. The summed E-state index contributed by atoms with van der Waals surface area (Å²) < 4.78 is 0.789. The number of hydrogen-bond donors (Lipinski definition) is 1. The first kappa shape index (κ1) is 15.0. The van der Waals surface area contributed by atoms with Gasteiger partial charge in [-0.1, -0.05) is 25.0 Å². The Kier molecular flexibility index (Phi) is 4.81. The number of primary amides is 1. The highest BCUT2D eigenvalue weighted by atomic mass is 79.9. The molecule has 2 N–H and O–H groups in total. The Morgan fingerprint density at radius 1 is 1.35 bits per heavy atom. The summed E-state index contributed by atoms with van der Waals surface area (Å²) in [6.07, 6.45) is 4.09. The Balaban J connectivity index is 2.29. The van der Waals surface area contributed by atoms with Crippen molar-refractivity contribution in [1.29, 1.82) is 0 Å². The van der Waals surface area contributed by atoms with Crippen LogP contribution in [-0.2, 0) is 4.79 Å². The van der Waals surface area contributed by atoms with E-state index in [0.29, 0.717) is 5.56 Å². The molecule has 1 aliphatic rings. The van der Waals surface area contributed by atoms with Gasteiger partial charge in [-0.15, -0.1) is 0 Å². The van der Waals surface area contributed by atoms with Gasteiger partial charge in [0.05, 0.1) is 12.1 Å². The number of hydrogen-bond acceptors (Lipinski definition) is 2. The molecule has 20 heavy (non-hydrogen) atoms. The quantitative estimate of drug-likeness (QED) is 0.917. The molecule has 0 spiro atoms. The summed E-state index contributed by atoms with van der Waals surface area (Å²) >= 11 is 3.46. The fourth-order valence-corrected chi connectivity index (χ4v) is 3.15. The predicted molar refractivity (Wildman–Crippen MR) is 81.4 cm³/mol. The molecule has 1 aromatic carbocycles. The molecular weight excluding hydrogens is 320 g/mol. The van der Waals surface area contributed by atoms with Gasteiger partial charge in [0.1, 0.15) is 0 Å². The molecule has 4 nitrogen and oxygen atoms in total. The smallest absolute Gasteiger partial charge is 0.255 e. The zero-order valence-electron chi connectivity index (χ0n) is 11.6. The average molecular weight is 339 g/mol. The van der Waals surface area contributed by atoms with Gasteiger partial charge in [0.2, 0.25) is 5.91 Å². The highest BCUT2D eigenvalue weighted by molar-refractivity contribution is 9.10. The number of aryl methyl sites for hydroxylation is 1. The van der Waals surface area contributed by atoms with Crippen molar-refractivity contribution >= 4 is 27.7 Å². The number of carbonyl (C=O) groups is 2. The van der Waals surface area contributed by atoms with E-state index in [9.17, 15) is 9.59 Å². The number of nitrogens with two attached hydrogens (primary N) is 1. The summed E-state index contributed by atoms with van der Waals surface area (Å²) in [4.78, 5) is 25.6. The second kappa shape index (κ2) is 6.39. The molecule has 0 bridgehead atoms. The molecule has 1 fully saturated rings. The van der Waals surface area contributed by atoms with Crippen LogP contribution < -0.4 is 5.73 Å². The fourth-order valence-electron chi connectivity index (χ4n) is 2.72. The molecule has 0 unspecified atom stereocenters. The molecule has 0 atom stereocenters. The minimum absolute atomic E-state index is 0.0100. The Hall–Kier alpha value is -1.36. The molecule has 0 heterocycles. The first-order chi connectivity index (χ1) is 9.50. The number of halogens is 1. The summed E-state index contributed by atoms with van der Waals surface area (Å²) in [6.45, 7) is 1.93. The average Bonchev–Trinajstić information content (AvgIpc) is 2.92. The molecule has 5 heteroatoms. The molecule has 108 valence electrons. The molecule has 0 saturated heterocycles. The monoisotopic (exact) mass is 338 g/mol. The molecule has 2 amide bonds. The van der Waals surface area contributed by atoms with Crippen molar-refractivity contribution < 1.29 is 9.59 Å². The van der Waals surface area contributed by atoms with E-state index in [1.807, 2.05) is 19.1 Å². The van der Waals surface area contributed by atoms with Crippen LogP contribution in [0.5, 0.6) is 0 Å². The fraction of sp³-hybridized carbons (Fsp3) is 0.467. The van der Waals surface area contributed by atoms with Crippen molar-refractivity contribution in [2.24, 2.45) is 5.73 Å². The van der Waals surface area contributed by atoms with E-state index >= 15 is 0 Å². The van der Waals surface area contributed by atoms with Gasteiger partial charge in [-0.25, -0.2) is 0 Å².